The number of likely N-dealkylation sites (tertiary alicyclic amines) is 1. The number of pyridine rings is 2. The lowest BCUT2D eigenvalue weighted by Gasteiger charge is -2.38. The van der Waals surface area contributed by atoms with Crippen molar-refractivity contribution in [3.63, 3.8) is 0 Å². The third-order valence-electron chi connectivity index (χ3n) is 8.74. The molecule has 0 aliphatic carbocycles. The van der Waals surface area contributed by atoms with Crippen LogP contribution in [0.5, 0.6) is 5.75 Å². The molecular formula is C33H34Br2N6O4. The lowest BCUT2D eigenvalue weighted by Crippen LogP contribution is -2.57. The Balaban J connectivity index is 1.14. The molecule has 0 spiro atoms. The second kappa shape index (κ2) is 13.6. The fourth-order valence-electron chi connectivity index (χ4n) is 6.23. The smallest absolute Gasteiger partial charge is 0.318 e. The molecule has 3 N–H and O–H groups in total. The second-order valence-electron chi connectivity index (χ2n) is 11.5. The Bertz CT molecular complexity index is 1730. The number of hydrogen-bond donors (Lipinski definition) is 3. The molecule has 4 aromatic rings. The molecule has 2 aromatic heterocycles. The molecule has 0 saturated carbocycles. The SMILES string of the molecule is O=C(N[C@H](Cc1cc(Br)c(O)c(Br)c1)C(=O)N1CCN(c2ccncc2)CC1)N1CCC(c2cc3ccccc3[nH]c2=O)CC1. The van der Waals surface area contributed by atoms with Gasteiger partial charge in [0.05, 0.1) is 8.95 Å². The van der Waals surface area contributed by atoms with Gasteiger partial charge in [-0.2, -0.15) is 0 Å². The van der Waals surface area contributed by atoms with Gasteiger partial charge in [0, 0.05) is 74.9 Å². The molecular weight excluding hydrogens is 704 g/mol. The summed E-state index contributed by atoms with van der Waals surface area (Å²) >= 11 is 6.76. The molecule has 3 amide bonds. The van der Waals surface area contributed by atoms with Gasteiger partial charge in [0.15, 0.2) is 0 Å². The van der Waals surface area contributed by atoms with Crippen molar-refractivity contribution in [2.45, 2.75) is 31.2 Å². The summed E-state index contributed by atoms with van der Waals surface area (Å²) in [6.45, 7) is 3.36. The molecule has 2 aliphatic heterocycles. The van der Waals surface area contributed by atoms with Gasteiger partial charge in [-0.15, -0.1) is 0 Å². The minimum atomic E-state index is -0.797. The molecule has 10 nitrogen and oxygen atoms in total. The number of carbonyl (C=O) groups excluding carboxylic acids is 2. The maximum absolute atomic E-state index is 13.9. The highest BCUT2D eigenvalue weighted by Gasteiger charge is 2.32. The van der Waals surface area contributed by atoms with Crippen LogP contribution in [0.2, 0.25) is 0 Å². The van der Waals surface area contributed by atoms with Gasteiger partial charge in [-0.3, -0.25) is 14.6 Å². The molecule has 234 valence electrons. The summed E-state index contributed by atoms with van der Waals surface area (Å²) in [6.07, 6.45) is 5.09. The van der Waals surface area contributed by atoms with Gasteiger partial charge < -0.3 is 30.1 Å². The van der Waals surface area contributed by atoms with E-state index in [1.165, 1.54) is 0 Å². The van der Waals surface area contributed by atoms with Crippen molar-refractivity contribution in [2.75, 3.05) is 44.2 Å². The average Bonchev–Trinajstić information content (AvgIpc) is 3.06. The number of fused-ring (bicyclic) bond motifs is 1. The van der Waals surface area contributed by atoms with Crippen LogP contribution in [0.25, 0.3) is 10.9 Å². The Hall–Kier alpha value is -3.90. The van der Waals surface area contributed by atoms with E-state index in [0.29, 0.717) is 61.1 Å². The van der Waals surface area contributed by atoms with Gasteiger partial charge in [0.2, 0.25) is 5.91 Å². The maximum Gasteiger partial charge on any atom is 0.318 e. The van der Waals surface area contributed by atoms with Gasteiger partial charge in [0.25, 0.3) is 5.56 Å². The molecule has 2 aromatic carbocycles. The molecule has 4 heterocycles. The van der Waals surface area contributed by atoms with Gasteiger partial charge in [-0.05, 0) is 98.0 Å². The number of phenolic OH excluding ortho intramolecular Hbond substituents is 1. The highest BCUT2D eigenvalue weighted by atomic mass is 79.9. The summed E-state index contributed by atoms with van der Waals surface area (Å²) < 4.78 is 1.00. The zero-order chi connectivity index (χ0) is 31.5. The third kappa shape index (κ3) is 7.01. The number of aromatic nitrogens is 2. The topological polar surface area (TPSA) is 122 Å². The van der Waals surface area contributed by atoms with Crippen molar-refractivity contribution >= 4 is 60.4 Å². The van der Waals surface area contributed by atoms with Crippen LogP contribution in [0.1, 0.15) is 29.9 Å². The molecule has 0 bridgehead atoms. The predicted molar refractivity (Wildman–Crippen MR) is 181 cm³/mol. The quantitative estimate of drug-likeness (QED) is 0.256. The molecule has 45 heavy (non-hydrogen) atoms. The van der Waals surface area contributed by atoms with Gasteiger partial charge in [0.1, 0.15) is 11.8 Å². The first-order chi connectivity index (χ1) is 21.8. The number of phenols is 1. The van der Waals surface area contributed by atoms with Crippen molar-refractivity contribution in [3.05, 3.63) is 97.4 Å². The number of aromatic hydroxyl groups is 1. The maximum atomic E-state index is 13.9. The summed E-state index contributed by atoms with van der Waals surface area (Å²) in [6, 6.07) is 16.0. The number of para-hydroxylation sites is 1. The molecule has 1 atom stereocenters. The summed E-state index contributed by atoms with van der Waals surface area (Å²) in [5.74, 6) is -0.0233. The number of H-pyrrole nitrogens is 1. The van der Waals surface area contributed by atoms with E-state index in [1.54, 1.807) is 29.4 Å². The standard InChI is InChI=1S/C33H34Br2N6O4/c34-26-17-21(18-27(35)30(26)42)19-29(32(44)40-15-13-39(14-16-40)24-5-9-36-10-6-24)38-33(45)41-11-7-22(8-12-41)25-20-23-3-1-2-4-28(23)37-31(25)43/h1-6,9-10,17-18,20,22,29,42H,7-8,11-16,19H2,(H,37,43)(H,38,45)/t29-/m1/s1. The Labute approximate surface area is 277 Å². The highest BCUT2D eigenvalue weighted by Crippen LogP contribution is 2.34. The second-order valence-corrected chi connectivity index (χ2v) is 13.2. The Morgan fingerprint density at radius 3 is 2.29 bits per heavy atom. The number of nitrogens with zero attached hydrogens (tertiary/aromatic N) is 4. The average molecular weight is 738 g/mol. The molecule has 12 heteroatoms. The van der Waals surface area contributed by atoms with Crippen LogP contribution in [0.4, 0.5) is 10.5 Å². The van der Waals surface area contributed by atoms with Crippen molar-refractivity contribution in [1.82, 2.24) is 25.1 Å². The van der Waals surface area contributed by atoms with Crippen LogP contribution in [-0.4, -0.2) is 82.1 Å². The number of aromatic amines is 1. The minimum absolute atomic E-state index is 0.0447. The zero-order valence-electron chi connectivity index (χ0n) is 24.6. The summed E-state index contributed by atoms with van der Waals surface area (Å²) in [5, 5.41) is 14.2. The lowest BCUT2D eigenvalue weighted by atomic mass is 9.89. The fourth-order valence-corrected chi connectivity index (χ4v) is 7.51. The Kier molecular flexibility index (Phi) is 9.41. The Morgan fingerprint density at radius 1 is 0.933 bits per heavy atom. The first-order valence-electron chi connectivity index (χ1n) is 15.0. The summed E-state index contributed by atoms with van der Waals surface area (Å²) in [5.41, 5.74) is 3.32. The normalized spacial score (nSPS) is 16.5. The van der Waals surface area contributed by atoms with E-state index in [-0.39, 0.29) is 35.6 Å². The molecule has 2 aliphatic rings. The Morgan fingerprint density at radius 2 is 1.60 bits per heavy atom. The van der Waals surface area contributed by atoms with Crippen LogP contribution in [0.3, 0.4) is 0 Å². The number of halogens is 2. The van der Waals surface area contributed by atoms with Gasteiger partial charge >= 0.3 is 6.03 Å². The van der Waals surface area contributed by atoms with E-state index in [4.69, 9.17) is 0 Å². The van der Waals surface area contributed by atoms with Crippen LogP contribution >= 0.6 is 31.9 Å². The number of carbonyl (C=O) groups is 2. The number of piperidine rings is 1. The molecule has 0 radical (unpaired) electrons. The number of benzene rings is 2. The molecule has 6 rings (SSSR count). The number of nitrogens with one attached hydrogen (secondary N) is 2. The van der Waals surface area contributed by atoms with Crippen molar-refractivity contribution in [2.24, 2.45) is 0 Å². The first kappa shape index (κ1) is 31.1. The number of piperazine rings is 1. The van der Waals surface area contributed by atoms with E-state index in [2.05, 4.69) is 52.0 Å². The van der Waals surface area contributed by atoms with Crippen LogP contribution in [0.15, 0.2) is 80.7 Å². The van der Waals surface area contributed by atoms with E-state index in [0.717, 1.165) is 27.7 Å². The molecule has 0 unspecified atom stereocenters. The number of hydrogen-bond acceptors (Lipinski definition) is 6. The first-order valence-corrected chi connectivity index (χ1v) is 16.6. The number of urea groups is 1. The third-order valence-corrected chi connectivity index (χ3v) is 9.94. The van der Waals surface area contributed by atoms with Crippen LogP contribution < -0.4 is 15.8 Å². The predicted octanol–water partition coefficient (Wildman–Crippen LogP) is 5.00. The van der Waals surface area contributed by atoms with E-state index < -0.39 is 6.04 Å². The lowest BCUT2D eigenvalue weighted by molar-refractivity contribution is -0.133. The van der Waals surface area contributed by atoms with E-state index in [1.807, 2.05) is 47.4 Å². The van der Waals surface area contributed by atoms with E-state index in [9.17, 15) is 19.5 Å². The van der Waals surface area contributed by atoms with Crippen LogP contribution in [-0.2, 0) is 11.2 Å². The zero-order valence-corrected chi connectivity index (χ0v) is 27.8. The van der Waals surface area contributed by atoms with Crippen molar-refractivity contribution in [1.29, 1.82) is 0 Å². The number of amides is 3. The van der Waals surface area contributed by atoms with Gasteiger partial charge in [-0.25, -0.2) is 4.79 Å². The largest absolute Gasteiger partial charge is 0.506 e. The molecule has 2 fully saturated rings. The van der Waals surface area contributed by atoms with Crippen molar-refractivity contribution in [3.8, 4) is 5.75 Å². The molecule has 2 saturated heterocycles. The monoisotopic (exact) mass is 736 g/mol. The summed E-state index contributed by atoms with van der Waals surface area (Å²) in [4.78, 5) is 53.2. The fraction of sp³-hybridized carbons (Fsp3) is 0.333. The minimum Gasteiger partial charge on any atom is -0.506 e. The van der Waals surface area contributed by atoms with E-state index >= 15 is 0 Å². The van der Waals surface area contributed by atoms with Crippen LogP contribution in [0, 0.1) is 0 Å². The highest BCUT2D eigenvalue weighted by molar-refractivity contribution is 9.11. The number of anilines is 1. The van der Waals surface area contributed by atoms with Gasteiger partial charge in [-0.1, -0.05) is 18.2 Å². The van der Waals surface area contributed by atoms with Crippen molar-refractivity contribution < 1.29 is 14.7 Å². The summed E-state index contributed by atoms with van der Waals surface area (Å²) in [7, 11) is 0. The number of rotatable bonds is 6.